The highest BCUT2D eigenvalue weighted by atomic mass is 19.4. The summed E-state index contributed by atoms with van der Waals surface area (Å²) in [6.07, 6.45) is -4.47. The zero-order valence-electron chi connectivity index (χ0n) is 13.8. The molecule has 0 aliphatic carbocycles. The minimum atomic E-state index is -4.46. The van der Waals surface area contributed by atoms with Gasteiger partial charge in [-0.15, -0.1) is 0 Å². The summed E-state index contributed by atoms with van der Waals surface area (Å²) in [6, 6.07) is 5.85. The molecule has 0 radical (unpaired) electrons. The molecule has 0 atom stereocenters. The number of rotatable bonds is 6. The molecule has 0 fully saturated rings. The molecule has 0 spiro atoms. The lowest BCUT2D eigenvalue weighted by molar-refractivity contribution is -0.153. The molecular weight excluding hydrogens is 325 g/mol. The van der Waals surface area contributed by atoms with Crippen LogP contribution in [0.2, 0.25) is 0 Å². The van der Waals surface area contributed by atoms with Gasteiger partial charge >= 0.3 is 6.18 Å². The van der Waals surface area contributed by atoms with E-state index in [1.54, 1.807) is 26.8 Å². The van der Waals surface area contributed by atoms with Crippen molar-refractivity contribution in [2.45, 2.75) is 33.4 Å². The summed E-state index contributed by atoms with van der Waals surface area (Å²) in [7, 11) is 0. The molecule has 1 rings (SSSR count). The second kappa shape index (κ2) is 8.03. The lowest BCUT2D eigenvalue weighted by Gasteiger charge is -2.17. The van der Waals surface area contributed by atoms with Gasteiger partial charge in [0.05, 0.1) is 5.69 Å². The molecule has 0 unspecified atom stereocenters. The molecule has 1 aromatic rings. The number of nitrogens with one attached hydrogen (secondary N) is 2. The Morgan fingerprint density at radius 1 is 1.12 bits per heavy atom. The normalized spacial score (nSPS) is 11.8. The van der Waals surface area contributed by atoms with Crippen molar-refractivity contribution in [3.05, 3.63) is 24.3 Å². The summed E-state index contributed by atoms with van der Waals surface area (Å²) in [4.78, 5) is 23.5. The third-order valence-corrected chi connectivity index (χ3v) is 2.87. The second-order valence-electron chi connectivity index (χ2n) is 6.20. The number of halogens is 3. The van der Waals surface area contributed by atoms with Gasteiger partial charge in [0.25, 0.3) is 0 Å². The van der Waals surface area contributed by atoms with Crippen LogP contribution in [0, 0.1) is 5.41 Å². The van der Waals surface area contributed by atoms with Crippen LogP contribution in [-0.4, -0.2) is 31.1 Å². The highest BCUT2D eigenvalue weighted by molar-refractivity contribution is 5.92. The Kier molecular flexibility index (Phi) is 6.62. The van der Waals surface area contributed by atoms with Crippen molar-refractivity contribution in [2.75, 3.05) is 18.5 Å². The van der Waals surface area contributed by atoms with E-state index in [1.807, 2.05) is 0 Å². The largest absolute Gasteiger partial charge is 0.482 e. The lowest BCUT2D eigenvalue weighted by atomic mass is 9.96. The number of hydrogen-bond acceptors (Lipinski definition) is 3. The van der Waals surface area contributed by atoms with Crippen LogP contribution in [0.15, 0.2) is 24.3 Å². The van der Waals surface area contributed by atoms with Crippen LogP contribution in [0.25, 0.3) is 0 Å². The molecule has 0 saturated heterocycles. The number of carbonyl (C=O) groups is 2. The van der Waals surface area contributed by atoms with Gasteiger partial charge in [-0.25, -0.2) is 0 Å². The van der Waals surface area contributed by atoms with Crippen molar-refractivity contribution >= 4 is 17.5 Å². The standard InChI is InChI=1S/C16H21F3N2O3/c1-15(2,3)14(23)20-9-8-13(22)21-11-6-4-5-7-12(11)24-10-16(17,18)19/h4-7H,8-10H2,1-3H3,(H,20,23)(H,21,22). The minimum Gasteiger partial charge on any atom is -0.482 e. The van der Waals surface area contributed by atoms with Crippen molar-refractivity contribution in [2.24, 2.45) is 5.41 Å². The first-order chi connectivity index (χ1) is 11.0. The molecule has 1 aromatic carbocycles. The van der Waals surface area contributed by atoms with Crippen LogP contribution in [-0.2, 0) is 9.59 Å². The molecule has 2 N–H and O–H groups in total. The highest BCUT2D eigenvalue weighted by Gasteiger charge is 2.29. The number of benzene rings is 1. The van der Waals surface area contributed by atoms with E-state index in [2.05, 4.69) is 15.4 Å². The topological polar surface area (TPSA) is 67.4 Å². The fourth-order valence-electron chi connectivity index (χ4n) is 1.62. The third kappa shape index (κ3) is 7.34. The van der Waals surface area contributed by atoms with E-state index in [0.717, 1.165) is 0 Å². The summed E-state index contributed by atoms with van der Waals surface area (Å²) < 4.78 is 41.3. The summed E-state index contributed by atoms with van der Waals surface area (Å²) in [5.74, 6) is -0.696. The van der Waals surface area contributed by atoms with Crippen LogP contribution in [0.1, 0.15) is 27.2 Å². The van der Waals surface area contributed by atoms with Gasteiger partial charge in [0.1, 0.15) is 5.75 Å². The first kappa shape index (κ1) is 19.8. The smallest absolute Gasteiger partial charge is 0.422 e. The predicted octanol–water partition coefficient (Wildman–Crippen LogP) is 3.12. The van der Waals surface area contributed by atoms with Crippen LogP contribution in [0.5, 0.6) is 5.75 Å². The van der Waals surface area contributed by atoms with Crippen molar-refractivity contribution in [3.8, 4) is 5.75 Å². The van der Waals surface area contributed by atoms with Crippen molar-refractivity contribution < 1.29 is 27.5 Å². The van der Waals surface area contributed by atoms with Crippen LogP contribution in [0.4, 0.5) is 18.9 Å². The Morgan fingerprint density at radius 3 is 2.33 bits per heavy atom. The van der Waals surface area contributed by atoms with E-state index in [0.29, 0.717) is 0 Å². The van der Waals surface area contributed by atoms with E-state index < -0.39 is 24.1 Å². The van der Waals surface area contributed by atoms with E-state index in [4.69, 9.17) is 0 Å². The molecule has 0 aromatic heterocycles. The fraction of sp³-hybridized carbons (Fsp3) is 0.500. The molecule has 24 heavy (non-hydrogen) atoms. The lowest BCUT2D eigenvalue weighted by Crippen LogP contribution is -2.36. The Labute approximate surface area is 138 Å². The summed E-state index contributed by atoms with van der Waals surface area (Å²) in [5.41, 5.74) is -0.414. The van der Waals surface area contributed by atoms with E-state index in [1.165, 1.54) is 18.2 Å². The Morgan fingerprint density at radius 2 is 1.75 bits per heavy atom. The summed E-state index contributed by atoms with van der Waals surface area (Å²) >= 11 is 0. The highest BCUT2D eigenvalue weighted by Crippen LogP contribution is 2.26. The van der Waals surface area contributed by atoms with Crippen molar-refractivity contribution in [1.29, 1.82) is 0 Å². The minimum absolute atomic E-state index is 0.00454. The average molecular weight is 346 g/mol. The number of carbonyl (C=O) groups excluding carboxylic acids is 2. The Hall–Kier alpha value is -2.25. The van der Waals surface area contributed by atoms with Crippen LogP contribution in [0.3, 0.4) is 0 Å². The summed E-state index contributed by atoms with van der Waals surface area (Å²) in [5, 5.41) is 5.10. The first-order valence-electron chi connectivity index (χ1n) is 7.36. The van der Waals surface area contributed by atoms with Gasteiger partial charge in [-0.05, 0) is 12.1 Å². The number of ether oxygens (including phenoxy) is 1. The van der Waals surface area contributed by atoms with Gasteiger partial charge in [0.15, 0.2) is 6.61 Å². The van der Waals surface area contributed by atoms with Crippen LogP contribution < -0.4 is 15.4 Å². The molecule has 2 amide bonds. The molecule has 5 nitrogen and oxygen atoms in total. The number of alkyl halides is 3. The zero-order chi connectivity index (χ0) is 18.4. The first-order valence-corrected chi connectivity index (χ1v) is 7.36. The Bertz CT molecular complexity index is 581. The second-order valence-corrected chi connectivity index (χ2v) is 6.20. The predicted molar refractivity (Wildman–Crippen MR) is 83.7 cm³/mol. The van der Waals surface area contributed by atoms with Gasteiger partial charge < -0.3 is 15.4 Å². The Balaban J connectivity index is 2.54. The number of anilines is 1. The molecule has 8 heteroatoms. The van der Waals surface area contributed by atoms with E-state index in [9.17, 15) is 22.8 Å². The number of para-hydroxylation sites is 2. The molecular formula is C16H21F3N2O3. The quantitative estimate of drug-likeness (QED) is 0.832. The van der Waals surface area contributed by atoms with Crippen LogP contribution >= 0.6 is 0 Å². The fourth-order valence-corrected chi connectivity index (χ4v) is 1.62. The maximum atomic E-state index is 12.2. The molecule has 0 aliphatic heterocycles. The SMILES string of the molecule is CC(C)(C)C(=O)NCCC(=O)Nc1ccccc1OCC(F)(F)F. The molecule has 0 heterocycles. The number of amides is 2. The molecule has 0 bridgehead atoms. The van der Waals surface area contributed by atoms with Gasteiger partial charge in [0.2, 0.25) is 11.8 Å². The molecule has 0 saturated carbocycles. The number of hydrogen-bond donors (Lipinski definition) is 2. The average Bonchev–Trinajstić information content (AvgIpc) is 2.44. The van der Waals surface area contributed by atoms with E-state index in [-0.39, 0.29) is 30.3 Å². The van der Waals surface area contributed by atoms with E-state index >= 15 is 0 Å². The molecule has 0 aliphatic rings. The van der Waals surface area contributed by atoms with Crippen molar-refractivity contribution in [1.82, 2.24) is 5.32 Å². The maximum absolute atomic E-state index is 12.2. The maximum Gasteiger partial charge on any atom is 0.422 e. The third-order valence-electron chi connectivity index (χ3n) is 2.87. The van der Waals surface area contributed by atoms with Gasteiger partial charge in [-0.1, -0.05) is 32.9 Å². The molecule has 134 valence electrons. The van der Waals surface area contributed by atoms with Crippen molar-refractivity contribution in [3.63, 3.8) is 0 Å². The zero-order valence-corrected chi connectivity index (χ0v) is 13.8. The van der Waals surface area contributed by atoms with Gasteiger partial charge in [0, 0.05) is 18.4 Å². The van der Waals surface area contributed by atoms with Gasteiger partial charge in [-0.2, -0.15) is 13.2 Å². The van der Waals surface area contributed by atoms with Gasteiger partial charge in [-0.3, -0.25) is 9.59 Å². The summed E-state index contributed by atoms with van der Waals surface area (Å²) in [6.45, 7) is 3.93. The monoisotopic (exact) mass is 346 g/mol.